The van der Waals surface area contributed by atoms with Gasteiger partial charge in [-0.2, -0.15) is 0 Å². The van der Waals surface area contributed by atoms with Crippen molar-refractivity contribution in [3.63, 3.8) is 0 Å². The summed E-state index contributed by atoms with van der Waals surface area (Å²) >= 11 is 5.20. The lowest BCUT2D eigenvalue weighted by atomic mass is 9.78. The Bertz CT molecular complexity index is 1420. The van der Waals surface area contributed by atoms with Gasteiger partial charge in [-0.3, -0.25) is 9.59 Å². The number of benzene rings is 1. The van der Waals surface area contributed by atoms with Crippen molar-refractivity contribution in [3.05, 3.63) is 58.5 Å². The first-order chi connectivity index (χ1) is 19.4. The number of hydrogen-bond acceptors (Lipinski definition) is 10. The van der Waals surface area contributed by atoms with Crippen molar-refractivity contribution in [3.8, 4) is 16.2 Å². The standard InChI is InChI=1S/C31H34O7S3/c1-18-26-20(8-6-5-7-13-31(4)28(38-31)27(26)37-29(18)34)17-35-23(32)15-30(2,3)16-24(33)36-21-11-9-19(10-12-21)22-14-25(39)41-40-22/h5-6,9-12,14,20,26-28H,1,7-8,13,15-17H2,2-4H3/b6-5-/t20?,26-,27+,28+,31-/m1/s1. The maximum atomic E-state index is 12.9. The molecule has 7 nitrogen and oxygen atoms in total. The fourth-order valence-electron chi connectivity index (χ4n) is 5.68. The molecule has 0 spiro atoms. The average Bonchev–Trinajstić information content (AvgIpc) is 3.21. The molecule has 218 valence electrons. The number of esters is 3. The lowest BCUT2D eigenvalue weighted by Gasteiger charge is -2.27. The SMILES string of the molecule is C=C1C(=O)O[C@H]2[C@H]1C(COC(=O)CC(C)(C)CC(=O)Oc1ccc(-c3cc(=S)ss3)cc1)C/C=C\CC[C@@]1(C)O[C@@H]21. The van der Waals surface area contributed by atoms with Crippen molar-refractivity contribution in [2.45, 2.75) is 70.7 Å². The summed E-state index contributed by atoms with van der Waals surface area (Å²) in [5, 5.41) is 0. The van der Waals surface area contributed by atoms with Crippen LogP contribution in [0.25, 0.3) is 10.4 Å². The molecule has 3 aliphatic rings. The number of epoxide rings is 1. The van der Waals surface area contributed by atoms with Crippen LogP contribution in [0.3, 0.4) is 0 Å². The van der Waals surface area contributed by atoms with Crippen LogP contribution in [0.1, 0.15) is 52.9 Å². The van der Waals surface area contributed by atoms with Crippen LogP contribution in [0.2, 0.25) is 0 Å². The molecule has 0 N–H and O–H groups in total. The number of carbonyl (C=O) groups excluding carboxylic acids is 3. The van der Waals surface area contributed by atoms with Gasteiger partial charge >= 0.3 is 17.9 Å². The molecule has 41 heavy (non-hydrogen) atoms. The molecule has 1 aromatic heterocycles. The highest BCUT2D eigenvalue weighted by Crippen LogP contribution is 2.50. The Morgan fingerprint density at radius 2 is 1.88 bits per heavy atom. The molecule has 1 unspecified atom stereocenters. The zero-order valence-electron chi connectivity index (χ0n) is 23.4. The molecule has 2 aliphatic heterocycles. The van der Waals surface area contributed by atoms with E-state index < -0.39 is 29.4 Å². The van der Waals surface area contributed by atoms with E-state index in [-0.39, 0.29) is 43.0 Å². The Hall–Kier alpha value is -2.66. The maximum absolute atomic E-state index is 12.9. The molecule has 5 atom stereocenters. The van der Waals surface area contributed by atoms with Crippen molar-refractivity contribution in [2.24, 2.45) is 17.3 Å². The van der Waals surface area contributed by atoms with E-state index in [0.717, 1.165) is 27.1 Å². The maximum Gasteiger partial charge on any atom is 0.334 e. The summed E-state index contributed by atoms with van der Waals surface area (Å²) in [4.78, 5) is 39.1. The molecule has 0 bridgehead atoms. The molecule has 10 heteroatoms. The number of ether oxygens (including phenoxy) is 4. The first-order valence-electron chi connectivity index (χ1n) is 13.7. The molecule has 1 aliphatic carbocycles. The summed E-state index contributed by atoms with van der Waals surface area (Å²) in [5.41, 5.74) is 0.417. The minimum atomic E-state index is -0.676. The van der Waals surface area contributed by atoms with E-state index in [4.69, 9.17) is 31.2 Å². The Morgan fingerprint density at radius 3 is 2.59 bits per heavy atom. The van der Waals surface area contributed by atoms with E-state index in [1.54, 1.807) is 32.8 Å². The van der Waals surface area contributed by atoms with E-state index in [9.17, 15) is 14.4 Å². The van der Waals surface area contributed by atoms with Crippen molar-refractivity contribution >= 4 is 50.8 Å². The second-order valence-corrected chi connectivity index (χ2v) is 14.9. The predicted octanol–water partition coefficient (Wildman–Crippen LogP) is 7.07. The topological polar surface area (TPSA) is 91.4 Å². The van der Waals surface area contributed by atoms with Crippen molar-refractivity contribution in [1.82, 2.24) is 0 Å². The molecule has 2 fully saturated rings. The second-order valence-electron chi connectivity index (χ2n) is 12.0. The molecule has 0 amide bonds. The monoisotopic (exact) mass is 614 g/mol. The largest absolute Gasteiger partial charge is 0.465 e. The van der Waals surface area contributed by atoms with Crippen LogP contribution in [0, 0.1) is 21.1 Å². The van der Waals surface area contributed by atoms with Crippen LogP contribution < -0.4 is 4.74 Å². The fraction of sp³-hybridized carbons (Fsp3) is 0.484. The summed E-state index contributed by atoms with van der Waals surface area (Å²) in [5.74, 6) is -1.27. The van der Waals surface area contributed by atoms with Gasteiger partial charge in [0.1, 0.15) is 21.8 Å². The van der Waals surface area contributed by atoms with Gasteiger partial charge in [0.15, 0.2) is 0 Å². The third kappa shape index (κ3) is 7.05. The fourth-order valence-corrected chi connectivity index (χ4v) is 8.08. The van der Waals surface area contributed by atoms with Gasteiger partial charge in [-0.05, 0) is 67.5 Å². The molecule has 2 aromatic rings. The van der Waals surface area contributed by atoms with E-state index in [2.05, 4.69) is 18.7 Å². The van der Waals surface area contributed by atoms with Gasteiger partial charge in [-0.15, -0.1) is 0 Å². The number of rotatable bonds is 8. The van der Waals surface area contributed by atoms with Gasteiger partial charge in [-0.25, -0.2) is 4.79 Å². The highest BCUT2D eigenvalue weighted by atomic mass is 32.9. The van der Waals surface area contributed by atoms with Crippen molar-refractivity contribution in [2.75, 3.05) is 6.61 Å². The Morgan fingerprint density at radius 1 is 1.15 bits per heavy atom. The van der Waals surface area contributed by atoms with E-state index in [0.29, 0.717) is 17.7 Å². The molecule has 0 radical (unpaired) electrons. The normalized spacial score (nSPS) is 28.2. The molecule has 5 rings (SSSR count). The van der Waals surface area contributed by atoms with Crippen molar-refractivity contribution < 1.29 is 33.3 Å². The Labute approximate surface area is 252 Å². The van der Waals surface area contributed by atoms with Gasteiger partial charge in [0, 0.05) is 22.3 Å². The van der Waals surface area contributed by atoms with Gasteiger partial charge in [0.2, 0.25) is 0 Å². The molecular formula is C31H34O7S3. The summed E-state index contributed by atoms with van der Waals surface area (Å²) < 4.78 is 23.8. The molecule has 0 saturated carbocycles. The third-order valence-electron chi connectivity index (χ3n) is 7.96. The quantitative estimate of drug-likeness (QED) is 0.0593. The highest BCUT2D eigenvalue weighted by Gasteiger charge is 2.62. The first-order valence-corrected chi connectivity index (χ1v) is 16.3. The summed E-state index contributed by atoms with van der Waals surface area (Å²) in [6, 6.07) is 9.25. The second kappa shape index (κ2) is 11.9. The molecule has 1 aromatic carbocycles. The van der Waals surface area contributed by atoms with Crippen LogP contribution in [-0.2, 0) is 28.6 Å². The van der Waals surface area contributed by atoms with Gasteiger partial charge in [-0.1, -0.05) is 65.5 Å². The lowest BCUT2D eigenvalue weighted by Crippen LogP contribution is -2.35. The van der Waals surface area contributed by atoms with Gasteiger partial charge < -0.3 is 18.9 Å². The van der Waals surface area contributed by atoms with Crippen molar-refractivity contribution in [1.29, 1.82) is 0 Å². The summed E-state index contributed by atoms with van der Waals surface area (Å²) in [6.07, 6.45) is 6.01. The highest BCUT2D eigenvalue weighted by molar-refractivity contribution is 7.80. The zero-order valence-corrected chi connectivity index (χ0v) is 25.8. The number of hydrogen-bond donors (Lipinski definition) is 0. The van der Waals surface area contributed by atoms with Gasteiger partial charge in [0.05, 0.1) is 25.0 Å². The number of fused-ring (bicyclic) bond motifs is 3. The van der Waals surface area contributed by atoms with Crippen LogP contribution in [-0.4, -0.2) is 42.3 Å². The Kier molecular flexibility index (Phi) is 8.66. The van der Waals surface area contributed by atoms with E-state index in [1.807, 2.05) is 39.0 Å². The number of allylic oxidation sites excluding steroid dienone is 2. The Balaban J connectivity index is 1.15. The van der Waals surface area contributed by atoms with E-state index >= 15 is 0 Å². The smallest absolute Gasteiger partial charge is 0.334 e. The molecule has 2 saturated heterocycles. The minimum absolute atomic E-state index is 0.0425. The molecule has 3 heterocycles. The summed E-state index contributed by atoms with van der Waals surface area (Å²) in [6.45, 7) is 9.83. The number of carbonyl (C=O) groups is 3. The molecular weight excluding hydrogens is 581 g/mol. The van der Waals surface area contributed by atoms with Crippen LogP contribution >= 0.6 is 32.9 Å². The lowest BCUT2D eigenvalue weighted by molar-refractivity contribution is -0.149. The zero-order chi connectivity index (χ0) is 29.4. The van der Waals surface area contributed by atoms with E-state index in [1.165, 1.54) is 0 Å². The minimum Gasteiger partial charge on any atom is -0.465 e. The van der Waals surface area contributed by atoms with Crippen LogP contribution in [0.4, 0.5) is 0 Å². The average molecular weight is 615 g/mol. The van der Waals surface area contributed by atoms with Gasteiger partial charge in [0.25, 0.3) is 0 Å². The first kappa shape index (κ1) is 29.8. The van der Waals surface area contributed by atoms with Crippen LogP contribution in [0.5, 0.6) is 5.75 Å². The predicted molar refractivity (Wildman–Crippen MR) is 160 cm³/mol. The third-order valence-corrected chi connectivity index (χ3v) is 10.9. The van der Waals surface area contributed by atoms with Crippen LogP contribution in [0.15, 0.2) is 54.6 Å². The summed E-state index contributed by atoms with van der Waals surface area (Å²) in [7, 11) is 3.16.